The van der Waals surface area contributed by atoms with Gasteiger partial charge in [0.15, 0.2) is 5.11 Å². The largest absolute Gasteiger partial charge is 0.497 e. The van der Waals surface area contributed by atoms with Crippen molar-refractivity contribution in [3.8, 4) is 5.75 Å². The van der Waals surface area contributed by atoms with Crippen molar-refractivity contribution < 1.29 is 9.13 Å². The quantitative estimate of drug-likeness (QED) is 0.689. The minimum absolute atomic E-state index is 0.254. The summed E-state index contributed by atoms with van der Waals surface area (Å²) in [6.45, 7) is 5.99. The van der Waals surface area contributed by atoms with Gasteiger partial charge in [-0.1, -0.05) is 19.1 Å². The van der Waals surface area contributed by atoms with Crippen molar-refractivity contribution in [3.05, 3.63) is 59.9 Å². The number of anilines is 1. The third-order valence-electron chi connectivity index (χ3n) is 5.25. The molecule has 0 radical (unpaired) electrons. The van der Waals surface area contributed by atoms with Crippen LogP contribution >= 0.6 is 12.2 Å². The Hall–Kier alpha value is -2.18. The lowest BCUT2D eigenvalue weighted by atomic mass is 10.1. The smallest absolute Gasteiger partial charge is 0.173 e. The second kappa shape index (κ2) is 9.85. The normalized spacial score (nSPS) is 16.8. The highest BCUT2D eigenvalue weighted by atomic mass is 32.1. The first-order valence-corrected chi connectivity index (χ1v) is 10.2. The molecule has 28 heavy (non-hydrogen) atoms. The van der Waals surface area contributed by atoms with Crippen molar-refractivity contribution in [2.45, 2.75) is 32.4 Å². The Bertz CT molecular complexity index is 766. The van der Waals surface area contributed by atoms with E-state index < -0.39 is 0 Å². The van der Waals surface area contributed by atoms with Gasteiger partial charge < -0.3 is 15.0 Å². The number of thiocarbonyl (C=S) groups is 1. The molecule has 1 aliphatic rings. The predicted molar refractivity (Wildman–Crippen MR) is 116 cm³/mol. The number of rotatable bonds is 7. The molecular formula is C22H28FN3OS. The van der Waals surface area contributed by atoms with E-state index in [4.69, 9.17) is 17.0 Å². The van der Waals surface area contributed by atoms with Gasteiger partial charge in [0.1, 0.15) is 11.6 Å². The SMILES string of the molecule is CCN1CCC[C@H]1CN(Cc1ccc(OC)cc1)C(=S)Nc1ccc(F)cc1. The van der Waals surface area contributed by atoms with Gasteiger partial charge in [-0.2, -0.15) is 0 Å². The van der Waals surface area contributed by atoms with Crippen LogP contribution in [0.25, 0.3) is 0 Å². The number of benzene rings is 2. The molecule has 0 bridgehead atoms. The highest BCUT2D eigenvalue weighted by molar-refractivity contribution is 7.80. The fourth-order valence-electron chi connectivity index (χ4n) is 3.68. The van der Waals surface area contributed by atoms with Crippen LogP contribution in [-0.2, 0) is 6.54 Å². The number of nitrogens with one attached hydrogen (secondary N) is 1. The average molecular weight is 402 g/mol. The molecule has 2 aromatic carbocycles. The van der Waals surface area contributed by atoms with Crippen LogP contribution in [0.1, 0.15) is 25.3 Å². The van der Waals surface area contributed by atoms with Crippen molar-refractivity contribution in [1.82, 2.24) is 9.80 Å². The molecular weight excluding hydrogens is 373 g/mol. The van der Waals surface area contributed by atoms with E-state index in [9.17, 15) is 4.39 Å². The van der Waals surface area contributed by atoms with E-state index in [0.717, 1.165) is 31.1 Å². The molecule has 0 spiro atoms. The maximum absolute atomic E-state index is 13.2. The fraction of sp³-hybridized carbons (Fsp3) is 0.409. The molecule has 3 rings (SSSR count). The van der Waals surface area contributed by atoms with E-state index in [1.807, 2.05) is 12.1 Å². The van der Waals surface area contributed by atoms with Crippen molar-refractivity contribution in [2.24, 2.45) is 0 Å². The molecule has 4 nitrogen and oxygen atoms in total. The zero-order valence-corrected chi connectivity index (χ0v) is 17.3. The standard InChI is InChI=1S/C22H28FN3OS/c1-3-25-14-4-5-20(25)16-26(15-17-6-12-21(27-2)13-7-17)22(28)24-19-10-8-18(23)9-11-19/h6-13,20H,3-5,14-16H2,1-2H3,(H,24,28)/t20-/m0/s1. The van der Waals surface area contributed by atoms with Gasteiger partial charge in [-0.3, -0.25) is 4.90 Å². The van der Waals surface area contributed by atoms with E-state index >= 15 is 0 Å². The zero-order chi connectivity index (χ0) is 19.9. The summed E-state index contributed by atoms with van der Waals surface area (Å²) in [6.07, 6.45) is 2.42. The lowest BCUT2D eigenvalue weighted by Gasteiger charge is -2.32. The lowest BCUT2D eigenvalue weighted by Crippen LogP contribution is -2.44. The molecule has 1 heterocycles. The average Bonchev–Trinajstić information content (AvgIpc) is 3.17. The molecule has 1 saturated heterocycles. The number of hydrogen-bond acceptors (Lipinski definition) is 3. The van der Waals surface area contributed by atoms with E-state index in [1.165, 1.54) is 30.5 Å². The van der Waals surface area contributed by atoms with Crippen molar-refractivity contribution in [2.75, 3.05) is 32.1 Å². The van der Waals surface area contributed by atoms with Crippen LogP contribution in [-0.4, -0.2) is 47.7 Å². The molecule has 0 saturated carbocycles. The van der Waals surface area contributed by atoms with E-state index in [1.54, 1.807) is 19.2 Å². The van der Waals surface area contributed by atoms with Crippen molar-refractivity contribution in [1.29, 1.82) is 0 Å². The summed E-state index contributed by atoms with van der Waals surface area (Å²) in [5, 5.41) is 3.92. The molecule has 0 aromatic heterocycles. The summed E-state index contributed by atoms with van der Waals surface area (Å²) >= 11 is 5.73. The third-order valence-corrected chi connectivity index (χ3v) is 5.61. The molecule has 0 amide bonds. The van der Waals surface area contributed by atoms with Gasteiger partial charge in [0.2, 0.25) is 0 Å². The second-order valence-corrected chi connectivity index (χ2v) is 7.48. The number of ether oxygens (including phenoxy) is 1. The number of methoxy groups -OCH3 is 1. The predicted octanol–water partition coefficient (Wildman–Crippen LogP) is 4.52. The maximum atomic E-state index is 13.2. The molecule has 1 atom stereocenters. The first kappa shape index (κ1) is 20.6. The van der Waals surface area contributed by atoms with Crippen LogP contribution in [0.3, 0.4) is 0 Å². The first-order chi connectivity index (χ1) is 13.6. The van der Waals surface area contributed by atoms with Gasteiger partial charge in [-0.25, -0.2) is 4.39 Å². The minimum Gasteiger partial charge on any atom is -0.497 e. The summed E-state index contributed by atoms with van der Waals surface area (Å²) in [5.74, 6) is 0.589. The summed E-state index contributed by atoms with van der Waals surface area (Å²) in [5.41, 5.74) is 1.97. The van der Waals surface area contributed by atoms with Crippen LogP contribution in [0.15, 0.2) is 48.5 Å². The highest BCUT2D eigenvalue weighted by Crippen LogP contribution is 2.21. The number of nitrogens with zero attached hydrogens (tertiary/aromatic N) is 2. The number of likely N-dealkylation sites (N-methyl/N-ethyl adjacent to an activating group) is 1. The Morgan fingerprint density at radius 2 is 1.93 bits per heavy atom. The Morgan fingerprint density at radius 1 is 1.21 bits per heavy atom. The van der Waals surface area contributed by atoms with Crippen LogP contribution < -0.4 is 10.1 Å². The Morgan fingerprint density at radius 3 is 2.57 bits per heavy atom. The first-order valence-electron chi connectivity index (χ1n) is 9.77. The zero-order valence-electron chi connectivity index (χ0n) is 16.5. The molecule has 150 valence electrons. The monoisotopic (exact) mass is 401 g/mol. The molecule has 1 N–H and O–H groups in total. The van der Waals surface area contributed by atoms with E-state index in [0.29, 0.717) is 17.7 Å². The summed E-state index contributed by atoms with van der Waals surface area (Å²) in [7, 11) is 1.67. The van der Waals surface area contributed by atoms with Crippen LogP contribution in [0.2, 0.25) is 0 Å². The van der Waals surface area contributed by atoms with Crippen LogP contribution in [0.5, 0.6) is 5.75 Å². The molecule has 1 fully saturated rings. The van der Waals surface area contributed by atoms with Gasteiger partial charge in [0.25, 0.3) is 0 Å². The van der Waals surface area contributed by atoms with Gasteiger partial charge in [0.05, 0.1) is 7.11 Å². The van der Waals surface area contributed by atoms with E-state index in [2.05, 4.69) is 34.2 Å². The lowest BCUT2D eigenvalue weighted by molar-refractivity contribution is 0.221. The fourth-order valence-corrected chi connectivity index (χ4v) is 3.94. The van der Waals surface area contributed by atoms with Crippen LogP contribution in [0, 0.1) is 5.82 Å². The van der Waals surface area contributed by atoms with Gasteiger partial charge in [-0.15, -0.1) is 0 Å². The Kier molecular flexibility index (Phi) is 7.23. The van der Waals surface area contributed by atoms with Crippen LogP contribution in [0.4, 0.5) is 10.1 Å². The van der Waals surface area contributed by atoms with Crippen molar-refractivity contribution >= 4 is 23.0 Å². The molecule has 1 aliphatic heterocycles. The van der Waals surface area contributed by atoms with E-state index in [-0.39, 0.29) is 5.82 Å². The summed E-state index contributed by atoms with van der Waals surface area (Å²) in [4.78, 5) is 4.72. The number of likely N-dealkylation sites (tertiary alicyclic amines) is 1. The summed E-state index contributed by atoms with van der Waals surface area (Å²) < 4.78 is 18.5. The molecule has 2 aromatic rings. The minimum atomic E-state index is -0.254. The van der Waals surface area contributed by atoms with Gasteiger partial charge in [0, 0.05) is 24.8 Å². The number of halogens is 1. The maximum Gasteiger partial charge on any atom is 0.173 e. The third kappa shape index (κ3) is 5.42. The number of hydrogen-bond donors (Lipinski definition) is 1. The molecule has 0 aliphatic carbocycles. The highest BCUT2D eigenvalue weighted by Gasteiger charge is 2.26. The second-order valence-electron chi connectivity index (χ2n) is 7.09. The van der Waals surface area contributed by atoms with Gasteiger partial charge in [-0.05, 0) is 80.1 Å². The summed E-state index contributed by atoms with van der Waals surface area (Å²) in [6, 6.07) is 14.9. The molecule has 0 unspecified atom stereocenters. The van der Waals surface area contributed by atoms with Crippen molar-refractivity contribution in [3.63, 3.8) is 0 Å². The Balaban J connectivity index is 1.73. The Labute approximate surface area is 172 Å². The molecule has 6 heteroatoms. The topological polar surface area (TPSA) is 27.7 Å². The van der Waals surface area contributed by atoms with Gasteiger partial charge >= 0.3 is 0 Å².